The third-order valence-corrected chi connectivity index (χ3v) is 7.22. The predicted octanol–water partition coefficient (Wildman–Crippen LogP) is 4.80. The molecule has 39 heavy (non-hydrogen) atoms. The molecule has 0 heterocycles. The van der Waals surface area contributed by atoms with Gasteiger partial charge in [0, 0.05) is 23.5 Å². The van der Waals surface area contributed by atoms with Crippen LogP contribution in [0, 0.1) is 5.82 Å². The first-order valence-electron chi connectivity index (χ1n) is 12.4. The molecule has 0 saturated carbocycles. The van der Waals surface area contributed by atoms with Gasteiger partial charge < -0.3 is 10.2 Å². The number of carbonyl (C=O) groups excluding carboxylic acids is 2. The van der Waals surface area contributed by atoms with Crippen LogP contribution in [-0.4, -0.2) is 49.5 Å². The molecule has 208 valence electrons. The minimum absolute atomic E-state index is 0.0338. The number of anilines is 1. The van der Waals surface area contributed by atoms with Crippen LogP contribution in [0.5, 0.6) is 0 Å². The van der Waals surface area contributed by atoms with Crippen LogP contribution >= 0.6 is 11.6 Å². The van der Waals surface area contributed by atoms with E-state index < -0.39 is 39.9 Å². The van der Waals surface area contributed by atoms with E-state index in [2.05, 4.69) is 5.32 Å². The van der Waals surface area contributed by atoms with E-state index in [1.54, 1.807) is 24.3 Å². The number of sulfonamides is 1. The Hall–Kier alpha value is -3.43. The minimum atomic E-state index is -3.93. The maximum Gasteiger partial charge on any atom is 0.244 e. The zero-order valence-electron chi connectivity index (χ0n) is 22.4. The highest BCUT2D eigenvalue weighted by atomic mass is 35.5. The Morgan fingerprint density at radius 2 is 1.51 bits per heavy atom. The summed E-state index contributed by atoms with van der Waals surface area (Å²) >= 11 is 6.06. The second-order valence-corrected chi connectivity index (χ2v) is 12.7. The molecule has 0 saturated heterocycles. The lowest BCUT2D eigenvalue weighted by molar-refractivity contribution is -0.140. The van der Waals surface area contributed by atoms with Crippen molar-refractivity contribution in [2.45, 2.75) is 45.3 Å². The van der Waals surface area contributed by atoms with Gasteiger partial charge >= 0.3 is 0 Å². The summed E-state index contributed by atoms with van der Waals surface area (Å²) in [6.07, 6.45) is 1.18. The van der Waals surface area contributed by atoms with Crippen LogP contribution in [0.4, 0.5) is 10.1 Å². The lowest BCUT2D eigenvalue weighted by Gasteiger charge is -2.35. The third kappa shape index (κ3) is 9.07. The van der Waals surface area contributed by atoms with Gasteiger partial charge in [-0.25, -0.2) is 12.8 Å². The average Bonchev–Trinajstić information content (AvgIpc) is 2.85. The fourth-order valence-electron chi connectivity index (χ4n) is 4.01. The molecule has 0 aliphatic heterocycles. The molecule has 10 heteroatoms. The molecule has 3 aromatic carbocycles. The average molecular weight is 574 g/mol. The number of nitrogens with one attached hydrogen (secondary N) is 1. The van der Waals surface area contributed by atoms with E-state index in [1.165, 1.54) is 17.0 Å². The molecule has 3 rings (SSSR count). The zero-order valence-corrected chi connectivity index (χ0v) is 24.0. The Balaban J connectivity index is 2.06. The summed E-state index contributed by atoms with van der Waals surface area (Å²) in [5.74, 6) is -1.50. The van der Waals surface area contributed by atoms with Crippen LogP contribution in [0.2, 0.25) is 5.02 Å². The molecule has 1 N–H and O–H groups in total. The number of benzene rings is 3. The molecule has 0 bridgehead atoms. The number of carbonyl (C=O) groups is 2. The highest BCUT2D eigenvalue weighted by Crippen LogP contribution is 2.21. The Kier molecular flexibility index (Phi) is 9.74. The number of hydrogen-bond acceptors (Lipinski definition) is 4. The van der Waals surface area contributed by atoms with Crippen molar-refractivity contribution >= 4 is 39.1 Å². The molecular formula is C29H33ClFN3O4S. The fourth-order valence-corrected chi connectivity index (χ4v) is 4.99. The van der Waals surface area contributed by atoms with Crippen molar-refractivity contribution in [2.75, 3.05) is 17.1 Å². The molecule has 7 nitrogen and oxygen atoms in total. The van der Waals surface area contributed by atoms with Gasteiger partial charge in [0.05, 0.1) is 11.9 Å². The number of amides is 2. The maximum absolute atomic E-state index is 14.0. The van der Waals surface area contributed by atoms with Crippen molar-refractivity contribution in [1.82, 2.24) is 10.2 Å². The van der Waals surface area contributed by atoms with Crippen LogP contribution in [0.3, 0.4) is 0 Å². The number of halogens is 2. The molecule has 0 aliphatic rings. The molecule has 0 aromatic heterocycles. The summed E-state index contributed by atoms with van der Waals surface area (Å²) in [4.78, 5) is 29.0. The smallest absolute Gasteiger partial charge is 0.244 e. The minimum Gasteiger partial charge on any atom is -0.350 e. The van der Waals surface area contributed by atoms with E-state index in [0.717, 1.165) is 28.3 Å². The molecule has 0 spiro atoms. The van der Waals surface area contributed by atoms with Gasteiger partial charge in [-0.3, -0.25) is 13.9 Å². The molecular weight excluding hydrogens is 541 g/mol. The Morgan fingerprint density at radius 1 is 0.923 bits per heavy atom. The molecule has 0 aliphatic carbocycles. The van der Waals surface area contributed by atoms with Crippen molar-refractivity contribution in [1.29, 1.82) is 0 Å². The molecule has 1 atom stereocenters. The molecule has 2 amide bonds. The molecule has 0 unspecified atom stereocenters. The second kappa shape index (κ2) is 12.6. The van der Waals surface area contributed by atoms with Gasteiger partial charge in [-0.1, -0.05) is 54.1 Å². The summed E-state index contributed by atoms with van der Waals surface area (Å²) in [5.41, 5.74) is 1.10. The lowest BCUT2D eigenvalue weighted by atomic mass is 10.0. The second-order valence-electron chi connectivity index (χ2n) is 10.3. The van der Waals surface area contributed by atoms with Crippen molar-refractivity contribution in [3.8, 4) is 0 Å². The maximum atomic E-state index is 14.0. The third-order valence-electron chi connectivity index (χ3n) is 5.83. The summed E-state index contributed by atoms with van der Waals surface area (Å²) in [6, 6.07) is 20.0. The Morgan fingerprint density at radius 3 is 2.05 bits per heavy atom. The molecule has 0 radical (unpaired) electrons. The van der Waals surface area contributed by atoms with Gasteiger partial charge in [-0.15, -0.1) is 0 Å². The topological polar surface area (TPSA) is 86.8 Å². The number of rotatable bonds is 10. The normalized spacial score (nSPS) is 12.5. The van der Waals surface area contributed by atoms with Crippen LogP contribution in [0.1, 0.15) is 31.9 Å². The SMILES string of the molecule is CC(C)(C)NC(=O)[C@H](Cc1ccccc1)N(Cc1ccc(Cl)cc1)C(=O)CN(c1ccc(F)cc1)S(C)(=O)=O. The van der Waals surface area contributed by atoms with Crippen LogP contribution in [0.25, 0.3) is 0 Å². The molecule has 0 fully saturated rings. The van der Waals surface area contributed by atoms with Crippen molar-refractivity contribution in [2.24, 2.45) is 0 Å². The fraction of sp³-hybridized carbons (Fsp3) is 0.310. The first kappa shape index (κ1) is 30.1. The molecule has 3 aromatic rings. The first-order chi connectivity index (χ1) is 18.2. The van der Waals surface area contributed by atoms with E-state index in [9.17, 15) is 22.4 Å². The van der Waals surface area contributed by atoms with Gasteiger partial charge in [0.25, 0.3) is 0 Å². The van der Waals surface area contributed by atoms with E-state index in [1.807, 2.05) is 51.1 Å². The van der Waals surface area contributed by atoms with Gasteiger partial charge in [-0.05, 0) is 68.3 Å². The Labute approximate surface area is 234 Å². The highest BCUT2D eigenvalue weighted by Gasteiger charge is 2.34. The summed E-state index contributed by atoms with van der Waals surface area (Å²) in [7, 11) is -3.93. The van der Waals surface area contributed by atoms with E-state index >= 15 is 0 Å². The largest absolute Gasteiger partial charge is 0.350 e. The van der Waals surface area contributed by atoms with E-state index in [0.29, 0.717) is 10.6 Å². The number of hydrogen-bond donors (Lipinski definition) is 1. The zero-order chi connectivity index (χ0) is 28.8. The summed E-state index contributed by atoms with van der Waals surface area (Å²) < 4.78 is 39.9. The van der Waals surface area contributed by atoms with E-state index in [4.69, 9.17) is 11.6 Å². The summed E-state index contributed by atoms with van der Waals surface area (Å²) in [6.45, 7) is 4.99. The number of nitrogens with zero attached hydrogens (tertiary/aromatic N) is 2. The van der Waals surface area contributed by atoms with Crippen LogP contribution in [0.15, 0.2) is 78.9 Å². The standard InChI is InChI=1S/C29H33ClFN3O4S/c1-29(2,3)32-28(36)26(18-21-8-6-5-7-9-21)33(19-22-10-12-23(30)13-11-22)27(35)20-34(39(4,37)38)25-16-14-24(31)15-17-25/h5-17,26H,18-20H2,1-4H3,(H,32,36)/t26-/m0/s1. The van der Waals surface area contributed by atoms with Gasteiger partial charge in [0.2, 0.25) is 21.8 Å². The first-order valence-corrected chi connectivity index (χ1v) is 14.6. The lowest BCUT2D eigenvalue weighted by Crippen LogP contribution is -2.56. The monoisotopic (exact) mass is 573 g/mol. The highest BCUT2D eigenvalue weighted by molar-refractivity contribution is 7.92. The van der Waals surface area contributed by atoms with Crippen molar-refractivity contribution in [3.05, 3.63) is 101 Å². The van der Waals surface area contributed by atoms with Gasteiger partial charge in [0.1, 0.15) is 18.4 Å². The van der Waals surface area contributed by atoms with Crippen molar-refractivity contribution in [3.63, 3.8) is 0 Å². The van der Waals surface area contributed by atoms with Crippen LogP contribution < -0.4 is 9.62 Å². The van der Waals surface area contributed by atoms with Gasteiger partial charge in [0.15, 0.2) is 0 Å². The van der Waals surface area contributed by atoms with Gasteiger partial charge in [-0.2, -0.15) is 0 Å². The predicted molar refractivity (Wildman–Crippen MR) is 152 cm³/mol. The quantitative estimate of drug-likeness (QED) is 0.377. The summed E-state index contributed by atoms with van der Waals surface area (Å²) in [5, 5.41) is 3.48. The Bertz CT molecular complexity index is 1380. The van der Waals surface area contributed by atoms with Crippen LogP contribution in [-0.2, 0) is 32.6 Å². The van der Waals surface area contributed by atoms with Crippen molar-refractivity contribution < 1.29 is 22.4 Å². The van der Waals surface area contributed by atoms with E-state index in [-0.39, 0.29) is 24.6 Å².